The zero-order valence-electron chi connectivity index (χ0n) is 10.6. The first-order valence-corrected chi connectivity index (χ1v) is 6.03. The van der Waals surface area contributed by atoms with E-state index in [0.29, 0.717) is 18.6 Å². The Labute approximate surface area is 107 Å². The first-order chi connectivity index (χ1) is 8.75. The summed E-state index contributed by atoms with van der Waals surface area (Å²) in [6.45, 7) is 2.37. The van der Waals surface area contributed by atoms with E-state index in [1.54, 1.807) is 13.2 Å². The van der Waals surface area contributed by atoms with Crippen molar-refractivity contribution in [2.45, 2.75) is 12.8 Å². The van der Waals surface area contributed by atoms with E-state index in [9.17, 15) is 8.78 Å². The number of halogens is 2. The van der Waals surface area contributed by atoms with Gasteiger partial charge in [-0.1, -0.05) is 24.3 Å². The molecule has 0 aromatic heterocycles. The van der Waals surface area contributed by atoms with E-state index in [2.05, 4.69) is 5.32 Å². The second kappa shape index (κ2) is 8.78. The lowest BCUT2D eigenvalue weighted by Crippen LogP contribution is -2.19. The number of methoxy groups -OCH3 is 1. The maximum absolute atomic E-state index is 13.3. The molecule has 0 radical (unpaired) electrons. The fourth-order valence-corrected chi connectivity index (χ4v) is 1.52. The summed E-state index contributed by atoms with van der Waals surface area (Å²) >= 11 is 0. The molecule has 0 fully saturated rings. The summed E-state index contributed by atoms with van der Waals surface area (Å²) in [5.74, 6) is -1.54. The summed E-state index contributed by atoms with van der Waals surface area (Å²) in [6, 6.07) is 4.25. The fraction of sp³-hybridized carbons (Fsp3) is 0.429. The Hall–Kier alpha value is -1.26. The third-order valence-electron chi connectivity index (χ3n) is 2.51. The smallest absolute Gasteiger partial charge is 0.162 e. The van der Waals surface area contributed by atoms with E-state index in [1.165, 1.54) is 6.07 Å². The summed E-state index contributed by atoms with van der Waals surface area (Å²) in [5.41, 5.74) is 0.388. The van der Waals surface area contributed by atoms with Crippen LogP contribution in [0.4, 0.5) is 8.78 Å². The van der Waals surface area contributed by atoms with Crippen LogP contribution >= 0.6 is 0 Å². The van der Waals surface area contributed by atoms with Gasteiger partial charge in [0.05, 0.1) is 6.61 Å². The van der Waals surface area contributed by atoms with Crippen LogP contribution in [0.3, 0.4) is 0 Å². The molecule has 0 atom stereocenters. The topological polar surface area (TPSA) is 21.3 Å². The van der Waals surface area contributed by atoms with Crippen LogP contribution in [0.1, 0.15) is 12.0 Å². The van der Waals surface area contributed by atoms with Gasteiger partial charge >= 0.3 is 0 Å². The first kappa shape index (κ1) is 14.8. The predicted octanol–water partition coefficient (Wildman–Crippen LogP) is 2.69. The Balaban J connectivity index is 2.22. The van der Waals surface area contributed by atoms with Crippen LogP contribution in [0.5, 0.6) is 0 Å². The number of ether oxygens (including phenoxy) is 1. The van der Waals surface area contributed by atoms with Crippen molar-refractivity contribution in [2.75, 3.05) is 26.8 Å². The molecule has 1 aromatic carbocycles. The van der Waals surface area contributed by atoms with Gasteiger partial charge in [0.25, 0.3) is 0 Å². The van der Waals surface area contributed by atoms with Crippen molar-refractivity contribution in [3.63, 3.8) is 0 Å². The molecule has 0 saturated heterocycles. The summed E-state index contributed by atoms with van der Waals surface area (Å²) in [6.07, 6.45) is 5.10. The molecule has 100 valence electrons. The van der Waals surface area contributed by atoms with Crippen LogP contribution in [0.25, 0.3) is 0 Å². The Morgan fingerprint density at radius 1 is 1.22 bits per heavy atom. The van der Waals surface area contributed by atoms with Gasteiger partial charge in [-0.15, -0.1) is 0 Å². The second-order valence-electron chi connectivity index (χ2n) is 3.92. The standard InChI is InChI=1S/C14H19F2NO/c1-18-11-10-17-9-4-2-3-6-12-7-5-8-13(15)14(12)16/h2-3,5,7-8,17H,4,6,9-11H2,1H3. The van der Waals surface area contributed by atoms with Crippen molar-refractivity contribution >= 4 is 0 Å². The van der Waals surface area contributed by atoms with Crippen LogP contribution < -0.4 is 5.32 Å². The Morgan fingerprint density at radius 2 is 2.06 bits per heavy atom. The van der Waals surface area contributed by atoms with Gasteiger partial charge in [0.1, 0.15) is 0 Å². The van der Waals surface area contributed by atoms with Gasteiger partial charge in [-0.25, -0.2) is 8.78 Å². The van der Waals surface area contributed by atoms with Crippen LogP contribution in [0.2, 0.25) is 0 Å². The average Bonchev–Trinajstić information content (AvgIpc) is 2.37. The van der Waals surface area contributed by atoms with Gasteiger partial charge in [-0.3, -0.25) is 0 Å². The Bertz CT molecular complexity index is 380. The molecule has 0 bridgehead atoms. The molecule has 18 heavy (non-hydrogen) atoms. The van der Waals surface area contributed by atoms with Crippen molar-refractivity contribution in [3.8, 4) is 0 Å². The van der Waals surface area contributed by atoms with Gasteiger partial charge < -0.3 is 10.1 Å². The molecular formula is C14H19F2NO. The summed E-state index contributed by atoms with van der Waals surface area (Å²) in [7, 11) is 1.66. The Morgan fingerprint density at radius 3 is 2.83 bits per heavy atom. The molecule has 0 amide bonds. The zero-order chi connectivity index (χ0) is 13.2. The lowest BCUT2D eigenvalue weighted by molar-refractivity contribution is 0.199. The Kier molecular flexibility index (Phi) is 7.22. The molecule has 0 aliphatic carbocycles. The third kappa shape index (κ3) is 5.38. The van der Waals surface area contributed by atoms with Gasteiger partial charge in [-0.2, -0.15) is 0 Å². The molecule has 0 heterocycles. The third-order valence-corrected chi connectivity index (χ3v) is 2.51. The minimum absolute atomic E-state index is 0.388. The molecule has 0 unspecified atom stereocenters. The lowest BCUT2D eigenvalue weighted by Gasteiger charge is -2.01. The highest BCUT2D eigenvalue weighted by Crippen LogP contribution is 2.12. The first-order valence-electron chi connectivity index (χ1n) is 6.03. The number of rotatable bonds is 8. The SMILES string of the molecule is COCCNCCC=CCc1cccc(F)c1F. The molecule has 2 nitrogen and oxygen atoms in total. The molecule has 0 saturated carbocycles. The fourth-order valence-electron chi connectivity index (χ4n) is 1.52. The molecule has 4 heteroatoms. The van der Waals surface area contributed by atoms with Crippen molar-refractivity contribution in [1.29, 1.82) is 0 Å². The number of benzene rings is 1. The summed E-state index contributed by atoms with van der Waals surface area (Å²) < 4.78 is 31.1. The minimum Gasteiger partial charge on any atom is -0.383 e. The highest BCUT2D eigenvalue weighted by atomic mass is 19.2. The molecule has 0 spiro atoms. The van der Waals surface area contributed by atoms with Gasteiger partial charge in [0, 0.05) is 13.7 Å². The van der Waals surface area contributed by atoms with Gasteiger partial charge in [-0.05, 0) is 31.0 Å². The van der Waals surface area contributed by atoms with Crippen molar-refractivity contribution in [2.24, 2.45) is 0 Å². The monoisotopic (exact) mass is 255 g/mol. The van der Waals surface area contributed by atoms with Gasteiger partial charge in [0.15, 0.2) is 11.6 Å². The van der Waals surface area contributed by atoms with Crippen molar-refractivity contribution < 1.29 is 13.5 Å². The van der Waals surface area contributed by atoms with E-state index in [0.717, 1.165) is 25.6 Å². The van der Waals surface area contributed by atoms with E-state index in [-0.39, 0.29) is 0 Å². The second-order valence-corrected chi connectivity index (χ2v) is 3.92. The minimum atomic E-state index is -0.790. The number of hydrogen-bond acceptors (Lipinski definition) is 2. The molecular weight excluding hydrogens is 236 g/mol. The van der Waals surface area contributed by atoms with Crippen LogP contribution in [-0.2, 0) is 11.2 Å². The maximum atomic E-state index is 13.3. The molecule has 0 aliphatic heterocycles. The highest BCUT2D eigenvalue weighted by molar-refractivity contribution is 5.21. The number of hydrogen-bond donors (Lipinski definition) is 1. The highest BCUT2D eigenvalue weighted by Gasteiger charge is 2.04. The van der Waals surface area contributed by atoms with E-state index >= 15 is 0 Å². The molecule has 1 rings (SSSR count). The van der Waals surface area contributed by atoms with Crippen LogP contribution in [0, 0.1) is 11.6 Å². The van der Waals surface area contributed by atoms with E-state index in [4.69, 9.17) is 4.74 Å². The van der Waals surface area contributed by atoms with E-state index in [1.807, 2.05) is 12.2 Å². The van der Waals surface area contributed by atoms with Crippen LogP contribution in [0.15, 0.2) is 30.4 Å². The largest absolute Gasteiger partial charge is 0.383 e. The normalized spacial score (nSPS) is 11.3. The lowest BCUT2D eigenvalue weighted by atomic mass is 10.1. The quantitative estimate of drug-likeness (QED) is 0.569. The molecule has 1 aromatic rings. The zero-order valence-corrected chi connectivity index (χ0v) is 10.6. The molecule has 1 N–H and O–H groups in total. The van der Waals surface area contributed by atoms with Crippen molar-refractivity contribution in [1.82, 2.24) is 5.32 Å². The number of allylic oxidation sites excluding steroid dienone is 1. The maximum Gasteiger partial charge on any atom is 0.162 e. The number of nitrogens with one attached hydrogen (secondary N) is 1. The average molecular weight is 255 g/mol. The summed E-state index contributed by atoms with van der Waals surface area (Å²) in [4.78, 5) is 0. The molecule has 0 aliphatic rings. The van der Waals surface area contributed by atoms with Crippen molar-refractivity contribution in [3.05, 3.63) is 47.5 Å². The predicted molar refractivity (Wildman–Crippen MR) is 68.6 cm³/mol. The van der Waals surface area contributed by atoms with Crippen LogP contribution in [-0.4, -0.2) is 26.8 Å². The van der Waals surface area contributed by atoms with Gasteiger partial charge in [0.2, 0.25) is 0 Å². The summed E-state index contributed by atoms with van der Waals surface area (Å²) in [5, 5.41) is 3.20. The van der Waals surface area contributed by atoms with E-state index < -0.39 is 11.6 Å².